The zero-order valence-electron chi connectivity index (χ0n) is 9.03. The maximum Gasteiger partial charge on any atom is 0.258 e. The van der Waals surface area contributed by atoms with Crippen molar-refractivity contribution in [3.63, 3.8) is 0 Å². The molecule has 0 unspecified atom stereocenters. The molecule has 0 amide bonds. The molecule has 5 heteroatoms. The second kappa shape index (κ2) is 4.29. The molecule has 86 valence electrons. The van der Waals surface area contributed by atoms with Crippen LogP contribution in [-0.4, -0.2) is 15.8 Å². The molecule has 1 N–H and O–H groups in total. The van der Waals surface area contributed by atoms with Crippen LogP contribution in [0.1, 0.15) is 17.3 Å². The van der Waals surface area contributed by atoms with Crippen molar-refractivity contribution in [2.24, 2.45) is 0 Å². The van der Waals surface area contributed by atoms with Gasteiger partial charge in [-0.2, -0.15) is 0 Å². The quantitative estimate of drug-likeness (QED) is 0.803. The summed E-state index contributed by atoms with van der Waals surface area (Å²) in [5.74, 6) is -0.750. The van der Waals surface area contributed by atoms with E-state index in [1.165, 1.54) is 37.6 Å². The van der Waals surface area contributed by atoms with Crippen LogP contribution in [0.25, 0.3) is 11.1 Å². The van der Waals surface area contributed by atoms with Gasteiger partial charge in [0.05, 0.1) is 11.9 Å². The van der Waals surface area contributed by atoms with E-state index in [2.05, 4.69) is 9.97 Å². The molecule has 1 aromatic carbocycles. The van der Waals surface area contributed by atoms with Gasteiger partial charge in [0.1, 0.15) is 5.82 Å². The van der Waals surface area contributed by atoms with Crippen LogP contribution in [0, 0.1) is 5.82 Å². The smallest absolute Gasteiger partial charge is 0.258 e. The van der Waals surface area contributed by atoms with Crippen LogP contribution in [0.15, 0.2) is 35.5 Å². The number of hydrogen-bond acceptors (Lipinski definition) is 3. The Morgan fingerprint density at radius 2 is 2.12 bits per heavy atom. The minimum Gasteiger partial charge on any atom is -0.313 e. The number of carbonyl (C=O) groups excluding carboxylic acids is 1. The summed E-state index contributed by atoms with van der Waals surface area (Å²) in [5.41, 5.74) is 0.0874. The van der Waals surface area contributed by atoms with E-state index in [1.54, 1.807) is 0 Å². The van der Waals surface area contributed by atoms with E-state index in [1.807, 2.05) is 0 Å². The summed E-state index contributed by atoms with van der Waals surface area (Å²) < 4.78 is 13.6. The van der Waals surface area contributed by atoms with Crippen molar-refractivity contribution in [1.29, 1.82) is 0 Å². The molecule has 1 heterocycles. The van der Waals surface area contributed by atoms with Gasteiger partial charge in [-0.1, -0.05) is 0 Å². The SMILES string of the molecule is CC(=O)c1ccc(F)c(-c2cnc[nH]c2=O)c1. The highest BCUT2D eigenvalue weighted by molar-refractivity contribution is 5.95. The van der Waals surface area contributed by atoms with E-state index in [9.17, 15) is 14.0 Å². The lowest BCUT2D eigenvalue weighted by Crippen LogP contribution is -2.09. The normalized spacial score (nSPS) is 10.2. The van der Waals surface area contributed by atoms with Crippen molar-refractivity contribution in [2.75, 3.05) is 0 Å². The van der Waals surface area contributed by atoms with Crippen LogP contribution in [0.4, 0.5) is 4.39 Å². The fraction of sp³-hybridized carbons (Fsp3) is 0.0833. The van der Waals surface area contributed by atoms with Gasteiger partial charge >= 0.3 is 0 Å². The van der Waals surface area contributed by atoms with Crippen molar-refractivity contribution in [3.8, 4) is 11.1 Å². The molecule has 0 fully saturated rings. The Balaban J connectivity index is 2.67. The molecule has 2 rings (SSSR count). The van der Waals surface area contributed by atoms with Gasteiger partial charge < -0.3 is 4.98 Å². The monoisotopic (exact) mass is 232 g/mol. The van der Waals surface area contributed by atoms with Gasteiger partial charge in [-0.3, -0.25) is 9.59 Å². The van der Waals surface area contributed by atoms with E-state index < -0.39 is 11.4 Å². The first-order chi connectivity index (χ1) is 8.09. The zero-order chi connectivity index (χ0) is 12.4. The Morgan fingerprint density at radius 1 is 1.35 bits per heavy atom. The first-order valence-corrected chi connectivity index (χ1v) is 4.93. The van der Waals surface area contributed by atoms with E-state index in [0.717, 1.165) is 0 Å². The summed E-state index contributed by atoms with van der Waals surface area (Å²) >= 11 is 0. The molecule has 2 aromatic rings. The molecular weight excluding hydrogens is 223 g/mol. The molecule has 0 aliphatic carbocycles. The fourth-order valence-corrected chi connectivity index (χ4v) is 1.49. The Bertz CT molecular complexity index is 634. The average Bonchev–Trinajstić information content (AvgIpc) is 2.30. The Labute approximate surface area is 96.1 Å². The number of H-pyrrole nitrogens is 1. The van der Waals surface area contributed by atoms with E-state index in [0.29, 0.717) is 5.56 Å². The summed E-state index contributed by atoms with van der Waals surface area (Å²) in [5, 5.41) is 0. The van der Waals surface area contributed by atoms with Crippen molar-refractivity contribution >= 4 is 5.78 Å². The second-order valence-electron chi connectivity index (χ2n) is 3.55. The largest absolute Gasteiger partial charge is 0.313 e. The number of benzene rings is 1. The summed E-state index contributed by atoms with van der Waals surface area (Å²) in [6, 6.07) is 3.90. The van der Waals surface area contributed by atoms with Crippen LogP contribution in [0.3, 0.4) is 0 Å². The third kappa shape index (κ3) is 2.13. The highest BCUT2D eigenvalue weighted by atomic mass is 19.1. The zero-order valence-corrected chi connectivity index (χ0v) is 9.03. The van der Waals surface area contributed by atoms with Crippen molar-refractivity contribution in [3.05, 3.63) is 52.5 Å². The van der Waals surface area contributed by atoms with Crippen LogP contribution in [0.5, 0.6) is 0 Å². The van der Waals surface area contributed by atoms with Gasteiger partial charge in [0.2, 0.25) is 0 Å². The molecule has 0 spiro atoms. The number of rotatable bonds is 2. The molecular formula is C12H9FN2O2. The molecule has 0 radical (unpaired) electrons. The minimum absolute atomic E-state index is 0.0760. The lowest BCUT2D eigenvalue weighted by Gasteiger charge is -2.03. The van der Waals surface area contributed by atoms with Crippen LogP contribution in [-0.2, 0) is 0 Å². The second-order valence-corrected chi connectivity index (χ2v) is 3.55. The number of halogens is 1. The van der Waals surface area contributed by atoms with Gasteiger partial charge in [-0.15, -0.1) is 0 Å². The molecule has 0 aliphatic heterocycles. The van der Waals surface area contributed by atoms with Crippen LogP contribution < -0.4 is 5.56 Å². The lowest BCUT2D eigenvalue weighted by atomic mass is 10.0. The number of ketones is 1. The maximum absolute atomic E-state index is 13.6. The van der Waals surface area contributed by atoms with Gasteiger partial charge in [-0.25, -0.2) is 9.37 Å². The van der Waals surface area contributed by atoms with E-state index in [-0.39, 0.29) is 16.9 Å². The number of carbonyl (C=O) groups is 1. The van der Waals surface area contributed by atoms with Gasteiger partial charge in [0, 0.05) is 17.3 Å². The topological polar surface area (TPSA) is 62.8 Å². The number of nitrogens with zero attached hydrogens (tertiary/aromatic N) is 1. The lowest BCUT2D eigenvalue weighted by molar-refractivity contribution is 0.101. The van der Waals surface area contributed by atoms with E-state index in [4.69, 9.17) is 0 Å². The number of aromatic nitrogens is 2. The number of aromatic amines is 1. The van der Waals surface area contributed by atoms with Gasteiger partial charge in [0.25, 0.3) is 5.56 Å². The standard InChI is InChI=1S/C12H9FN2O2/c1-7(16)8-2-3-11(13)9(4-8)10-5-14-6-15-12(10)17/h2-6H,1H3,(H,14,15,17). The molecule has 0 bridgehead atoms. The van der Waals surface area contributed by atoms with Crippen molar-refractivity contribution in [2.45, 2.75) is 6.92 Å². The molecule has 1 aromatic heterocycles. The minimum atomic E-state index is -0.562. The highest BCUT2D eigenvalue weighted by Gasteiger charge is 2.11. The van der Waals surface area contributed by atoms with Gasteiger partial charge in [-0.05, 0) is 25.1 Å². The number of nitrogens with one attached hydrogen (secondary N) is 1. The van der Waals surface area contributed by atoms with Crippen molar-refractivity contribution in [1.82, 2.24) is 9.97 Å². The maximum atomic E-state index is 13.6. The Kier molecular flexibility index (Phi) is 2.82. The van der Waals surface area contributed by atoms with Crippen LogP contribution in [0.2, 0.25) is 0 Å². The predicted molar refractivity (Wildman–Crippen MR) is 60.3 cm³/mol. The molecule has 17 heavy (non-hydrogen) atoms. The molecule has 0 saturated heterocycles. The summed E-state index contributed by atoms with van der Waals surface area (Å²) in [4.78, 5) is 28.8. The predicted octanol–water partition coefficient (Wildman–Crippen LogP) is 1.78. The third-order valence-corrected chi connectivity index (χ3v) is 2.38. The number of hydrogen-bond donors (Lipinski definition) is 1. The molecule has 0 atom stereocenters. The molecule has 4 nitrogen and oxygen atoms in total. The van der Waals surface area contributed by atoms with E-state index >= 15 is 0 Å². The molecule has 0 saturated carbocycles. The number of Topliss-reactive ketones (excluding diaryl/α,β-unsaturated/α-hetero) is 1. The van der Waals surface area contributed by atoms with Gasteiger partial charge in [0.15, 0.2) is 5.78 Å². The average molecular weight is 232 g/mol. The molecule has 0 aliphatic rings. The summed E-state index contributed by atoms with van der Waals surface area (Å²) in [6.45, 7) is 1.38. The first-order valence-electron chi connectivity index (χ1n) is 4.93. The Hall–Kier alpha value is -2.30. The first kappa shape index (κ1) is 11.2. The summed E-state index contributed by atoms with van der Waals surface area (Å²) in [6.07, 6.45) is 2.49. The third-order valence-electron chi connectivity index (χ3n) is 2.38. The van der Waals surface area contributed by atoms with Crippen LogP contribution >= 0.6 is 0 Å². The van der Waals surface area contributed by atoms with Crippen molar-refractivity contribution < 1.29 is 9.18 Å². The highest BCUT2D eigenvalue weighted by Crippen LogP contribution is 2.20. The Morgan fingerprint density at radius 3 is 2.76 bits per heavy atom. The summed E-state index contributed by atoms with van der Waals surface area (Å²) in [7, 11) is 0. The fourth-order valence-electron chi connectivity index (χ4n) is 1.49.